The smallest absolute Gasteiger partial charge is 0.230 e. The van der Waals surface area contributed by atoms with Crippen LogP contribution >= 0.6 is 0 Å². The maximum absolute atomic E-state index is 10.6. The van der Waals surface area contributed by atoms with Crippen LogP contribution in [0.1, 0.15) is 26.3 Å². The number of aromatic nitrogens is 2. The van der Waals surface area contributed by atoms with Crippen molar-refractivity contribution in [2.24, 2.45) is 0 Å². The monoisotopic (exact) mass is 816 g/mol. The molecule has 0 saturated carbocycles. The molecule has 0 spiro atoms. The van der Waals surface area contributed by atoms with Crippen molar-refractivity contribution >= 4 is 22.0 Å². The summed E-state index contributed by atoms with van der Waals surface area (Å²) in [6.07, 6.45) is 1.90. The molecule has 4 nitrogen and oxygen atoms in total. The van der Waals surface area contributed by atoms with Crippen molar-refractivity contribution in [1.82, 2.24) is 9.97 Å². The number of phenolic OH excluding ortho intramolecular Hbond substituents is 1. The van der Waals surface area contributed by atoms with Gasteiger partial charge in [0.25, 0.3) is 0 Å². The molecule has 0 aliphatic rings. The van der Waals surface area contributed by atoms with E-state index in [1.807, 2.05) is 48.7 Å². The largest absolute Gasteiger partial charge is 0.507 e. The van der Waals surface area contributed by atoms with Gasteiger partial charge in [-0.25, -0.2) is 4.98 Å². The van der Waals surface area contributed by atoms with Gasteiger partial charge in [0, 0.05) is 38.2 Å². The van der Waals surface area contributed by atoms with Gasteiger partial charge in [-0.05, 0) is 63.6 Å². The minimum Gasteiger partial charge on any atom is -0.507 e. The number of pyridine rings is 1. The maximum Gasteiger partial charge on any atom is 0.230 e. The molecule has 2 heterocycles. The Morgan fingerprint density at radius 3 is 1.94 bits per heavy atom. The average Bonchev–Trinajstić information content (AvgIpc) is 3.55. The van der Waals surface area contributed by atoms with Gasteiger partial charge in [0.2, 0.25) is 5.89 Å². The van der Waals surface area contributed by atoms with E-state index in [-0.39, 0.29) is 32.2 Å². The predicted molar refractivity (Wildman–Crippen MR) is 196 cm³/mol. The summed E-state index contributed by atoms with van der Waals surface area (Å²) in [4.78, 5) is 9.89. The molecule has 0 saturated heterocycles. The first-order valence-electron chi connectivity index (χ1n) is 16.1. The summed E-state index contributed by atoms with van der Waals surface area (Å²) in [7, 11) is 0. The van der Waals surface area contributed by atoms with Crippen LogP contribution in [0.3, 0.4) is 0 Å². The van der Waals surface area contributed by atoms with E-state index in [4.69, 9.17) is 14.4 Å². The minimum absolute atomic E-state index is 0. The number of rotatable bonds is 5. The molecule has 0 unspecified atom stereocenters. The third-order valence-corrected chi connectivity index (χ3v) is 8.91. The van der Waals surface area contributed by atoms with Crippen molar-refractivity contribution in [3.05, 3.63) is 151 Å². The molecule has 242 valence electrons. The summed E-state index contributed by atoms with van der Waals surface area (Å²) in [6.45, 7) is 6.74. The van der Waals surface area contributed by atoms with Gasteiger partial charge in [0.15, 0.2) is 0 Å². The number of hydrogen-bond donors (Lipinski definition) is 1. The van der Waals surface area contributed by atoms with E-state index in [0.29, 0.717) is 22.6 Å². The first-order valence-corrected chi connectivity index (χ1v) is 16.1. The molecule has 8 rings (SSSR count). The molecule has 0 bridgehead atoms. The summed E-state index contributed by atoms with van der Waals surface area (Å²) in [5.74, 6) is 0.489. The number of hydrogen-bond acceptors (Lipinski definition) is 4. The van der Waals surface area contributed by atoms with Crippen LogP contribution in [0.5, 0.6) is 5.75 Å². The van der Waals surface area contributed by atoms with E-state index in [1.54, 1.807) is 12.1 Å². The first-order chi connectivity index (χ1) is 23.3. The molecule has 1 N–H and O–H groups in total. The number of nitrogens with zero attached hydrogens (tertiary/aromatic N) is 2. The van der Waals surface area contributed by atoms with Crippen molar-refractivity contribution < 1.29 is 30.6 Å². The normalized spacial score (nSPS) is 11.5. The fourth-order valence-corrected chi connectivity index (χ4v) is 6.35. The molecule has 5 heteroatoms. The summed E-state index contributed by atoms with van der Waals surface area (Å²) in [5.41, 5.74) is 12.1. The Balaban J connectivity index is 0.00000378. The van der Waals surface area contributed by atoms with Crippen molar-refractivity contribution in [1.29, 1.82) is 0 Å². The Bertz CT molecular complexity index is 2440. The van der Waals surface area contributed by atoms with E-state index in [1.165, 1.54) is 5.56 Å². The minimum atomic E-state index is -0.0827. The maximum atomic E-state index is 10.6. The van der Waals surface area contributed by atoms with Gasteiger partial charge < -0.3 is 9.52 Å². The standard InChI is InChI=1S/C44H33N2O2.Pt/c1-44(2,3)33-26-37(41-38(27-33)34(21-22-45-41)29-15-8-5-9-16-29)31-18-12-17-30(23-31)36-24-32(28-13-6-4-7-14-28)25-40-42(36)46-43(48-40)35-19-10-11-20-39(35)47;/h4-22,24-27,47H,1-3H3;/q-1;. The number of para-hydroxylation sites is 1. The average molecular weight is 817 g/mol. The molecule has 0 fully saturated rings. The molecule has 2 aromatic heterocycles. The fourth-order valence-electron chi connectivity index (χ4n) is 6.35. The van der Waals surface area contributed by atoms with E-state index < -0.39 is 0 Å². The van der Waals surface area contributed by atoms with Gasteiger partial charge in [0.1, 0.15) is 11.3 Å². The second-order valence-corrected chi connectivity index (χ2v) is 13.1. The summed E-state index contributed by atoms with van der Waals surface area (Å²) < 4.78 is 6.35. The molecular formula is C44H33N2O2Pt-. The quantitative estimate of drug-likeness (QED) is 0.176. The van der Waals surface area contributed by atoms with E-state index >= 15 is 0 Å². The predicted octanol–water partition coefficient (Wildman–Crippen LogP) is 11.5. The van der Waals surface area contributed by atoms with Crippen LogP contribution in [-0.4, -0.2) is 15.1 Å². The van der Waals surface area contributed by atoms with Crippen LogP contribution in [0, 0.1) is 6.07 Å². The summed E-state index contributed by atoms with van der Waals surface area (Å²) >= 11 is 0. The molecule has 0 amide bonds. The van der Waals surface area contributed by atoms with Gasteiger partial charge in [-0.3, -0.25) is 4.98 Å². The van der Waals surface area contributed by atoms with Crippen LogP contribution < -0.4 is 0 Å². The van der Waals surface area contributed by atoms with Crippen LogP contribution in [0.25, 0.3) is 78.0 Å². The van der Waals surface area contributed by atoms with Crippen LogP contribution in [0.2, 0.25) is 0 Å². The Morgan fingerprint density at radius 2 is 1.24 bits per heavy atom. The number of fused-ring (bicyclic) bond motifs is 2. The second-order valence-electron chi connectivity index (χ2n) is 13.1. The number of phenols is 1. The SMILES string of the molecule is CC(C)(C)c1cc(-c2[c-]c(-c3cc(-c4ccccc4)cc4oc(-c5ccccc5O)nc34)ccc2)c2nccc(-c3ccccc3)c2c1.[Pt]. The molecular weight excluding hydrogens is 784 g/mol. The number of benzene rings is 6. The molecule has 8 aromatic rings. The first kappa shape index (κ1) is 32.2. The van der Waals surface area contributed by atoms with E-state index in [0.717, 1.165) is 55.4 Å². The van der Waals surface area contributed by atoms with E-state index in [2.05, 4.69) is 106 Å². The molecule has 0 radical (unpaired) electrons. The van der Waals surface area contributed by atoms with Crippen LogP contribution in [-0.2, 0) is 26.5 Å². The molecule has 0 aliphatic heterocycles. The van der Waals surface area contributed by atoms with Gasteiger partial charge in [-0.2, -0.15) is 0 Å². The summed E-state index contributed by atoms with van der Waals surface area (Å²) in [5, 5.41) is 11.7. The van der Waals surface area contributed by atoms with Gasteiger partial charge in [-0.1, -0.05) is 117 Å². The van der Waals surface area contributed by atoms with Gasteiger partial charge in [-0.15, -0.1) is 35.4 Å². The Morgan fingerprint density at radius 1 is 0.592 bits per heavy atom. The molecule has 0 atom stereocenters. The zero-order chi connectivity index (χ0) is 32.8. The zero-order valence-corrected chi connectivity index (χ0v) is 29.6. The molecule has 0 aliphatic carbocycles. The third-order valence-electron chi connectivity index (χ3n) is 8.91. The summed E-state index contributed by atoms with van der Waals surface area (Å²) in [6, 6.07) is 48.7. The second kappa shape index (κ2) is 13.0. The third kappa shape index (κ3) is 6.09. The fraction of sp³-hybridized carbons (Fsp3) is 0.0909. The molecule has 6 aromatic carbocycles. The van der Waals surface area contributed by atoms with E-state index in [9.17, 15) is 5.11 Å². The Labute approximate surface area is 300 Å². The van der Waals surface area contributed by atoms with Crippen molar-refractivity contribution in [3.8, 4) is 61.7 Å². The topological polar surface area (TPSA) is 59.2 Å². The van der Waals surface area contributed by atoms with Gasteiger partial charge in [0.05, 0.1) is 11.1 Å². The Hall–Kier alpha value is -5.31. The van der Waals surface area contributed by atoms with Crippen molar-refractivity contribution in [3.63, 3.8) is 0 Å². The number of aromatic hydroxyl groups is 1. The van der Waals surface area contributed by atoms with Gasteiger partial charge >= 0.3 is 0 Å². The zero-order valence-electron chi connectivity index (χ0n) is 27.3. The van der Waals surface area contributed by atoms with Crippen molar-refractivity contribution in [2.45, 2.75) is 26.2 Å². The Kier molecular flexibility index (Phi) is 8.52. The molecule has 49 heavy (non-hydrogen) atoms. The van der Waals surface area contributed by atoms with Crippen LogP contribution in [0.15, 0.2) is 144 Å². The van der Waals surface area contributed by atoms with Crippen LogP contribution in [0.4, 0.5) is 0 Å². The van der Waals surface area contributed by atoms with Crippen molar-refractivity contribution in [2.75, 3.05) is 0 Å². The number of oxazole rings is 1.